The van der Waals surface area contributed by atoms with Gasteiger partial charge < -0.3 is 19.3 Å². The molecule has 0 aliphatic heterocycles. The first kappa shape index (κ1) is 18.6. The van der Waals surface area contributed by atoms with E-state index in [1.54, 1.807) is 0 Å². The quantitative estimate of drug-likeness (QED) is 0.318. The Morgan fingerprint density at radius 1 is 0.960 bits per heavy atom. The molecular formula is C21H24O4. The van der Waals surface area contributed by atoms with Crippen LogP contribution in [0.3, 0.4) is 0 Å². The monoisotopic (exact) mass is 340 g/mol. The minimum Gasteiger partial charge on any atom is -0.466 e. The summed E-state index contributed by atoms with van der Waals surface area (Å²) in [5.74, 6) is 1.33. The van der Waals surface area contributed by atoms with Crippen LogP contribution >= 0.6 is 0 Å². The van der Waals surface area contributed by atoms with Gasteiger partial charge in [0.1, 0.15) is 11.5 Å². The normalized spacial score (nSPS) is 12.1. The van der Waals surface area contributed by atoms with Crippen molar-refractivity contribution in [3.63, 3.8) is 0 Å². The van der Waals surface area contributed by atoms with Crippen molar-refractivity contribution in [3.8, 4) is 11.5 Å². The van der Waals surface area contributed by atoms with E-state index in [0.717, 1.165) is 16.9 Å². The molecule has 0 bridgehead atoms. The lowest BCUT2D eigenvalue weighted by atomic mass is 9.78. The van der Waals surface area contributed by atoms with Crippen LogP contribution in [0, 0.1) is 0 Å². The van der Waals surface area contributed by atoms with E-state index >= 15 is 0 Å². The van der Waals surface area contributed by atoms with Crippen molar-refractivity contribution in [1.82, 2.24) is 0 Å². The van der Waals surface area contributed by atoms with Crippen LogP contribution in [0.4, 0.5) is 0 Å². The highest BCUT2D eigenvalue weighted by Gasteiger charge is 2.23. The number of benzene rings is 2. The highest BCUT2D eigenvalue weighted by Crippen LogP contribution is 2.33. The van der Waals surface area contributed by atoms with Crippen molar-refractivity contribution in [3.05, 3.63) is 85.2 Å². The molecule has 132 valence electrons. The standard InChI is InChI=1S/C21H24O4/c1-5-20(22)25-19-13-9-17(10-14-19)21(3,4)16-7-11-18(12-8-16)24-15-23-6-2/h5-14,20,22H,1-2,15H2,3-4H3. The summed E-state index contributed by atoms with van der Waals surface area (Å²) in [5.41, 5.74) is 2.10. The molecule has 0 fully saturated rings. The van der Waals surface area contributed by atoms with Crippen LogP contribution in [0.2, 0.25) is 0 Å². The number of hydrogen-bond acceptors (Lipinski definition) is 4. The number of rotatable bonds is 9. The summed E-state index contributed by atoms with van der Waals surface area (Å²) in [6, 6.07) is 15.6. The molecule has 0 saturated carbocycles. The fraction of sp³-hybridized carbons (Fsp3) is 0.238. The van der Waals surface area contributed by atoms with Gasteiger partial charge in [-0.3, -0.25) is 0 Å². The smallest absolute Gasteiger partial charge is 0.229 e. The van der Waals surface area contributed by atoms with Crippen LogP contribution in [-0.4, -0.2) is 18.2 Å². The minimum atomic E-state index is -1.00. The zero-order valence-corrected chi connectivity index (χ0v) is 14.6. The number of aliphatic hydroxyl groups is 1. The Labute approximate surface area is 149 Å². The predicted molar refractivity (Wildman–Crippen MR) is 98.6 cm³/mol. The number of aliphatic hydroxyl groups excluding tert-OH is 1. The molecule has 0 aromatic heterocycles. The third-order valence-corrected chi connectivity index (χ3v) is 4.02. The second kappa shape index (κ2) is 8.40. The van der Waals surface area contributed by atoms with Crippen LogP contribution in [0.25, 0.3) is 0 Å². The molecule has 4 nitrogen and oxygen atoms in total. The van der Waals surface area contributed by atoms with Gasteiger partial charge in [-0.05, 0) is 41.5 Å². The molecule has 1 unspecified atom stereocenters. The van der Waals surface area contributed by atoms with E-state index in [2.05, 4.69) is 27.0 Å². The molecule has 0 aliphatic rings. The van der Waals surface area contributed by atoms with Gasteiger partial charge in [0.15, 0.2) is 0 Å². The molecule has 0 saturated heterocycles. The fourth-order valence-corrected chi connectivity index (χ4v) is 2.42. The van der Waals surface area contributed by atoms with E-state index in [9.17, 15) is 5.11 Å². The first-order chi connectivity index (χ1) is 12.0. The van der Waals surface area contributed by atoms with E-state index in [4.69, 9.17) is 14.2 Å². The third-order valence-electron chi connectivity index (χ3n) is 4.02. The lowest BCUT2D eigenvalue weighted by Crippen LogP contribution is -2.19. The first-order valence-electron chi connectivity index (χ1n) is 8.01. The number of hydrogen-bond donors (Lipinski definition) is 1. The van der Waals surface area contributed by atoms with Gasteiger partial charge in [-0.2, -0.15) is 0 Å². The molecule has 25 heavy (non-hydrogen) atoms. The maximum atomic E-state index is 9.46. The molecule has 0 heterocycles. The van der Waals surface area contributed by atoms with Crippen molar-refractivity contribution in [2.24, 2.45) is 0 Å². The van der Waals surface area contributed by atoms with E-state index in [0.29, 0.717) is 5.75 Å². The summed E-state index contributed by atoms with van der Waals surface area (Å²) in [6.45, 7) is 11.4. The molecule has 2 aromatic carbocycles. The van der Waals surface area contributed by atoms with E-state index < -0.39 is 6.29 Å². The SMILES string of the molecule is C=COCOc1ccc(C(C)(C)c2ccc(OC(O)C=C)cc2)cc1. The van der Waals surface area contributed by atoms with Crippen LogP contribution in [0.5, 0.6) is 11.5 Å². The molecule has 1 atom stereocenters. The Balaban J connectivity index is 2.11. The molecule has 0 radical (unpaired) electrons. The Bertz CT molecular complexity index is 687. The maximum absolute atomic E-state index is 9.46. The summed E-state index contributed by atoms with van der Waals surface area (Å²) in [7, 11) is 0. The average molecular weight is 340 g/mol. The largest absolute Gasteiger partial charge is 0.466 e. The van der Waals surface area contributed by atoms with Gasteiger partial charge in [0.25, 0.3) is 0 Å². The van der Waals surface area contributed by atoms with E-state index in [1.807, 2.05) is 48.5 Å². The Kier molecular flexibility index (Phi) is 6.25. The molecule has 0 spiro atoms. The van der Waals surface area contributed by atoms with Crippen LogP contribution in [0.15, 0.2) is 74.0 Å². The van der Waals surface area contributed by atoms with Gasteiger partial charge in [0.2, 0.25) is 13.1 Å². The minimum absolute atomic E-state index is 0.143. The molecule has 0 amide bonds. The third kappa shape index (κ3) is 4.88. The second-order valence-corrected chi connectivity index (χ2v) is 6.01. The highest BCUT2D eigenvalue weighted by molar-refractivity contribution is 5.41. The summed E-state index contributed by atoms with van der Waals surface area (Å²) in [5, 5.41) is 9.46. The average Bonchev–Trinajstić information content (AvgIpc) is 2.63. The lowest BCUT2D eigenvalue weighted by Gasteiger charge is -2.26. The van der Waals surface area contributed by atoms with Crippen molar-refractivity contribution >= 4 is 0 Å². The van der Waals surface area contributed by atoms with E-state index in [-0.39, 0.29) is 12.2 Å². The summed E-state index contributed by atoms with van der Waals surface area (Å²) < 4.78 is 15.7. The molecule has 1 N–H and O–H groups in total. The van der Waals surface area contributed by atoms with Gasteiger partial charge in [-0.15, -0.1) is 0 Å². The highest BCUT2D eigenvalue weighted by atomic mass is 16.7. The lowest BCUT2D eigenvalue weighted by molar-refractivity contribution is 0.0250. The van der Waals surface area contributed by atoms with Crippen LogP contribution < -0.4 is 9.47 Å². The number of ether oxygens (including phenoxy) is 3. The summed E-state index contributed by atoms with van der Waals surface area (Å²) >= 11 is 0. The first-order valence-corrected chi connectivity index (χ1v) is 8.01. The Morgan fingerprint density at radius 2 is 1.48 bits per heavy atom. The predicted octanol–water partition coefficient (Wildman–Crippen LogP) is 4.39. The zero-order valence-electron chi connectivity index (χ0n) is 14.6. The van der Waals surface area contributed by atoms with Crippen molar-refractivity contribution < 1.29 is 19.3 Å². The second-order valence-electron chi connectivity index (χ2n) is 6.01. The van der Waals surface area contributed by atoms with E-state index in [1.165, 1.54) is 12.3 Å². The molecule has 0 aliphatic carbocycles. The molecule has 4 heteroatoms. The summed E-state index contributed by atoms with van der Waals surface area (Å²) in [6.07, 6.45) is 1.68. The molecule has 2 aromatic rings. The van der Waals surface area contributed by atoms with Crippen molar-refractivity contribution in [2.45, 2.75) is 25.6 Å². The maximum Gasteiger partial charge on any atom is 0.229 e. The summed E-state index contributed by atoms with van der Waals surface area (Å²) in [4.78, 5) is 0. The van der Waals surface area contributed by atoms with Gasteiger partial charge in [0.05, 0.1) is 6.26 Å². The Hall–Kier alpha value is -2.72. The zero-order chi connectivity index (χ0) is 18.3. The fourth-order valence-electron chi connectivity index (χ4n) is 2.42. The molecular weight excluding hydrogens is 316 g/mol. The van der Waals surface area contributed by atoms with Crippen molar-refractivity contribution in [1.29, 1.82) is 0 Å². The van der Waals surface area contributed by atoms with Crippen LogP contribution in [-0.2, 0) is 10.2 Å². The van der Waals surface area contributed by atoms with Gasteiger partial charge in [-0.1, -0.05) is 51.3 Å². The van der Waals surface area contributed by atoms with Gasteiger partial charge in [-0.25, -0.2) is 0 Å². The van der Waals surface area contributed by atoms with Gasteiger partial charge >= 0.3 is 0 Å². The molecule has 2 rings (SSSR count). The Morgan fingerprint density at radius 3 is 1.96 bits per heavy atom. The topological polar surface area (TPSA) is 47.9 Å². The van der Waals surface area contributed by atoms with Gasteiger partial charge in [0, 0.05) is 5.41 Å². The van der Waals surface area contributed by atoms with Crippen molar-refractivity contribution in [2.75, 3.05) is 6.79 Å². The van der Waals surface area contributed by atoms with Crippen LogP contribution in [0.1, 0.15) is 25.0 Å².